The number of carbonyl (C=O) groups excluding carboxylic acids is 1. The van der Waals surface area contributed by atoms with E-state index in [-0.39, 0.29) is 18.4 Å². The van der Waals surface area contributed by atoms with Crippen LogP contribution in [0.4, 0.5) is 27.6 Å². The summed E-state index contributed by atoms with van der Waals surface area (Å²) in [6.07, 6.45) is -4.81. The van der Waals surface area contributed by atoms with Gasteiger partial charge in [0.25, 0.3) is 0 Å². The van der Waals surface area contributed by atoms with Crippen molar-refractivity contribution in [2.24, 2.45) is 0 Å². The lowest BCUT2D eigenvalue weighted by atomic mass is 9.85. The van der Waals surface area contributed by atoms with Gasteiger partial charge in [0.15, 0.2) is 21.3 Å². The number of benzene rings is 2. The average molecular weight is 555 g/mol. The van der Waals surface area contributed by atoms with Gasteiger partial charge in [-0.3, -0.25) is 4.79 Å². The van der Waals surface area contributed by atoms with Gasteiger partial charge in [0.1, 0.15) is 11.6 Å². The van der Waals surface area contributed by atoms with Crippen molar-refractivity contribution in [3.63, 3.8) is 0 Å². The number of anilines is 1. The van der Waals surface area contributed by atoms with Crippen LogP contribution in [0.25, 0.3) is 0 Å². The normalized spacial score (nSPS) is 22.1. The first-order valence-electron chi connectivity index (χ1n) is 12.2. The summed E-state index contributed by atoms with van der Waals surface area (Å²) in [5.74, 6) is -5.60. The van der Waals surface area contributed by atoms with E-state index in [4.69, 9.17) is 0 Å². The zero-order valence-corrected chi connectivity index (χ0v) is 22.0. The Kier molecular flexibility index (Phi) is 7.21. The molecule has 1 aliphatic carbocycles. The summed E-state index contributed by atoms with van der Waals surface area (Å²) < 4.78 is 79.7. The molecule has 0 spiro atoms. The number of para-hydroxylation sites is 1. The highest BCUT2D eigenvalue weighted by atomic mass is 32.2. The first-order valence-corrected chi connectivity index (χ1v) is 13.4. The lowest BCUT2D eigenvalue weighted by Crippen LogP contribution is -2.48. The molecule has 0 bridgehead atoms. The fraction of sp³-hybridized carbons (Fsp3) is 0.481. The highest BCUT2D eigenvalue weighted by Crippen LogP contribution is 2.47. The van der Waals surface area contributed by atoms with E-state index in [2.05, 4.69) is 11.4 Å². The molecule has 1 aliphatic heterocycles. The summed E-state index contributed by atoms with van der Waals surface area (Å²) in [6, 6.07) is 12.8. The summed E-state index contributed by atoms with van der Waals surface area (Å²) in [4.78, 5) is 14.7. The quantitative estimate of drug-likeness (QED) is 0.344. The Morgan fingerprint density at radius 1 is 1.05 bits per heavy atom. The molecule has 204 valence electrons. The van der Waals surface area contributed by atoms with Crippen LogP contribution in [0.1, 0.15) is 51.2 Å². The van der Waals surface area contributed by atoms with Crippen LogP contribution < -0.4 is 10.2 Å². The van der Waals surface area contributed by atoms with E-state index in [1.54, 1.807) is 11.0 Å². The fourth-order valence-corrected chi connectivity index (χ4v) is 6.45. The van der Waals surface area contributed by atoms with Gasteiger partial charge in [-0.2, -0.15) is 31.8 Å². The maximum atomic E-state index is 14.4. The van der Waals surface area contributed by atoms with Crippen molar-refractivity contribution in [1.82, 2.24) is 5.32 Å². The van der Waals surface area contributed by atoms with Crippen molar-refractivity contribution in [2.75, 3.05) is 11.4 Å². The number of hydrogen-bond acceptors (Lipinski definition) is 4. The minimum absolute atomic E-state index is 0.0113. The molecule has 38 heavy (non-hydrogen) atoms. The average Bonchev–Trinajstić information content (AvgIpc) is 3.48. The van der Waals surface area contributed by atoms with Crippen molar-refractivity contribution in [3.05, 3.63) is 59.7 Å². The molecule has 1 saturated heterocycles. The first kappa shape index (κ1) is 28.2. The molecular weight excluding hydrogens is 525 g/mol. The van der Waals surface area contributed by atoms with Gasteiger partial charge >= 0.3 is 12.1 Å². The molecule has 1 saturated carbocycles. The van der Waals surface area contributed by atoms with E-state index in [1.165, 1.54) is 6.07 Å². The SMILES string of the molecule is CC(C)(C)c1ccccc1N1CC([S+](O)c2ccccc2C(F)(F)C(F)(F)F)CC1C(=O)NC1(C#N)CC1. The van der Waals surface area contributed by atoms with Crippen molar-refractivity contribution >= 4 is 22.8 Å². The van der Waals surface area contributed by atoms with Crippen LogP contribution in [0, 0.1) is 11.3 Å². The van der Waals surface area contributed by atoms with Crippen LogP contribution >= 0.6 is 0 Å². The van der Waals surface area contributed by atoms with Crippen molar-refractivity contribution < 1.29 is 31.3 Å². The molecule has 2 N–H and O–H groups in total. The maximum absolute atomic E-state index is 14.4. The number of nitrogens with zero attached hydrogens (tertiary/aromatic N) is 2. The second-order valence-corrected chi connectivity index (χ2v) is 12.6. The lowest BCUT2D eigenvalue weighted by Gasteiger charge is -2.32. The van der Waals surface area contributed by atoms with E-state index in [9.17, 15) is 36.6 Å². The Morgan fingerprint density at radius 3 is 2.18 bits per heavy atom. The third-order valence-corrected chi connectivity index (χ3v) is 8.82. The zero-order chi connectivity index (χ0) is 28.1. The molecule has 2 aliphatic rings. The van der Waals surface area contributed by atoms with Gasteiger partial charge in [-0.05, 0) is 42.0 Å². The molecule has 2 aromatic rings. The smallest absolute Gasteiger partial charge is 0.354 e. The highest BCUT2D eigenvalue weighted by molar-refractivity contribution is 7.92. The highest BCUT2D eigenvalue weighted by Gasteiger charge is 2.62. The lowest BCUT2D eigenvalue weighted by molar-refractivity contribution is -0.290. The topological polar surface area (TPSA) is 76.4 Å². The molecule has 2 aromatic carbocycles. The number of carbonyl (C=O) groups is 1. The molecule has 0 aromatic heterocycles. The Morgan fingerprint density at radius 2 is 1.63 bits per heavy atom. The zero-order valence-electron chi connectivity index (χ0n) is 21.1. The van der Waals surface area contributed by atoms with Crippen LogP contribution in [0.2, 0.25) is 0 Å². The summed E-state index contributed by atoms with van der Waals surface area (Å²) in [7, 11) is 0. The number of hydrogen-bond donors (Lipinski definition) is 2. The second kappa shape index (κ2) is 9.72. The summed E-state index contributed by atoms with van der Waals surface area (Å²) in [6.45, 7) is 6.04. The predicted molar refractivity (Wildman–Crippen MR) is 135 cm³/mol. The van der Waals surface area contributed by atoms with Crippen LogP contribution in [0.3, 0.4) is 0 Å². The fourth-order valence-electron chi connectivity index (χ4n) is 4.78. The third kappa shape index (κ3) is 5.21. The number of amides is 1. The third-order valence-electron chi connectivity index (χ3n) is 7.04. The number of nitrogens with one attached hydrogen (secondary N) is 1. The molecule has 4 rings (SSSR count). The molecule has 11 heteroatoms. The molecule has 3 atom stereocenters. The molecular formula is C27H29F5N3O2S+. The van der Waals surface area contributed by atoms with Crippen molar-refractivity contribution in [1.29, 1.82) is 5.26 Å². The number of nitriles is 1. The first-order chi connectivity index (χ1) is 17.6. The summed E-state index contributed by atoms with van der Waals surface area (Å²) in [5, 5.41) is 11.4. The Labute approximate surface area is 221 Å². The van der Waals surface area contributed by atoms with Crippen LogP contribution in [0.5, 0.6) is 0 Å². The van der Waals surface area contributed by atoms with Crippen LogP contribution in [-0.4, -0.2) is 40.0 Å². The molecule has 3 unspecified atom stereocenters. The number of halogens is 5. The standard InChI is InChI=1S/C27H28F5N3O2S/c1-24(2,3)18-8-4-6-10-20(18)35-15-17(14-21(35)23(36)34-25(16-33)12-13-25)38(37)22-11-7-5-9-19(22)26(28,29)27(30,31)32/h4-11,17,21,37H,12-15H2,1-3H3/p+1. The Bertz CT molecular complexity index is 1250. The molecule has 0 radical (unpaired) electrons. The van der Waals surface area contributed by atoms with E-state index < -0.39 is 56.5 Å². The Balaban J connectivity index is 1.73. The summed E-state index contributed by atoms with van der Waals surface area (Å²) in [5.41, 5.74) is -0.971. The predicted octanol–water partition coefficient (Wildman–Crippen LogP) is 5.91. The van der Waals surface area contributed by atoms with Crippen molar-refractivity contribution in [3.8, 4) is 6.07 Å². The summed E-state index contributed by atoms with van der Waals surface area (Å²) >= 11 is -2.04. The van der Waals surface area contributed by atoms with Gasteiger partial charge in [-0.25, -0.2) is 0 Å². The van der Waals surface area contributed by atoms with Gasteiger partial charge in [-0.15, -0.1) is 0 Å². The van der Waals surface area contributed by atoms with Crippen LogP contribution in [-0.2, 0) is 27.3 Å². The molecule has 2 fully saturated rings. The van der Waals surface area contributed by atoms with E-state index in [1.807, 2.05) is 39.0 Å². The second-order valence-electron chi connectivity index (χ2n) is 10.9. The van der Waals surface area contributed by atoms with Gasteiger partial charge < -0.3 is 10.2 Å². The molecule has 5 nitrogen and oxygen atoms in total. The Hall–Kier alpha value is -2.84. The van der Waals surface area contributed by atoms with Gasteiger partial charge in [-0.1, -0.05) is 51.1 Å². The van der Waals surface area contributed by atoms with Gasteiger partial charge in [0.2, 0.25) is 5.91 Å². The maximum Gasteiger partial charge on any atom is 0.458 e. The monoisotopic (exact) mass is 554 g/mol. The van der Waals surface area contributed by atoms with E-state index in [0.717, 1.165) is 17.7 Å². The van der Waals surface area contributed by atoms with E-state index >= 15 is 0 Å². The van der Waals surface area contributed by atoms with Gasteiger partial charge in [0, 0.05) is 12.1 Å². The van der Waals surface area contributed by atoms with Crippen LogP contribution in [0.15, 0.2) is 53.4 Å². The largest absolute Gasteiger partial charge is 0.458 e. The molecule has 1 heterocycles. The minimum atomic E-state index is -5.83. The minimum Gasteiger partial charge on any atom is -0.354 e. The number of rotatable bonds is 6. The van der Waals surface area contributed by atoms with Gasteiger partial charge in [0.05, 0.1) is 18.2 Å². The molecule has 1 amide bonds. The number of alkyl halides is 5. The van der Waals surface area contributed by atoms with E-state index in [0.29, 0.717) is 24.6 Å². The van der Waals surface area contributed by atoms with Crippen molar-refractivity contribution in [2.45, 2.75) is 79.3 Å².